The average molecular weight is 208 g/mol. The molecule has 0 fully saturated rings. The Hall–Kier alpha value is -1.43. The van der Waals surface area contributed by atoms with Crippen LogP contribution in [-0.2, 0) is 4.79 Å². The fourth-order valence-corrected chi connectivity index (χ4v) is 1.44. The minimum atomic E-state index is -0.320. The van der Waals surface area contributed by atoms with E-state index < -0.39 is 0 Å². The first-order valence-electron chi connectivity index (χ1n) is 4.20. The Labute approximate surface area is 86.0 Å². The van der Waals surface area contributed by atoms with Gasteiger partial charge < -0.3 is 0 Å². The Kier molecular flexibility index (Phi) is 1.99. The summed E-state index contributed by atoms with van der Waals surface area (Å²) in [5.41, 5.74) is 1.51. The number of fused-ring (bicyclic) bond motifs is 1. The van der Waals surface area contributed by atoms with Gasteiger partial charge in [0.25, 0.3) is 5.91 Å². The van der Waals surface area contributed by atoms with Gasteiger partial charge in [0.05, 0.1) is 5.71 Å². The van der Waals surface area contributed by atoms with Crippen molar-refractivity contribution in [3.8, 4) is 0 Å². The fraction of sp³-hybridized carbons (Fsp3) is 0.375. The lowest BCUT2D eigenvalue weighted by atomic mass is 10.00. The third kappa shape index (κ3) is 1.27. The van der Waals surface area contributed by atoms with Gasteiger partial charge in [-0.1, -0.05) is 13.8 Å². The van der Waals surface area contributed by atoms with Crippen LogP contribution in [-0.4, -0.2) is 28.2 Å². The molecule has 0 saturated carbocycles. The van der Waals surface area contributed by atoms with Crippen LogP contribution in [0.15, 0.2) is 15.2 Å². The van der Waals surface area contributed by atoms with E-state index in [0.29, 0.717) is 5.71 Å². The van der Waals surface area contributed by atoms with Crippen molar-refractivity contribution in [3.63, 3.8) is 0 Å². The van der Waals surface area contributed by atoms with Crippen LogP contribution in [0.4, 0.5) is 0 Å². The predicted octanol–water partition coefficient (Wildman–Crippen LogP) is 0.309. The van der Waals surface area contributed by atoms with Crippen molar-refractivity contribution in [1.29, 1.82) is 0 Å². The zero-order chi connectivity index (χ0) is 10.3. The molecular weight excluding hydrogens is 200 g/mol. The van der Waals surface area contributed by atoms with Gasteiger partial charge in [-0.15, -0.1) is 5.10 Å². The van der Waals surface area contributed by atoms with Crippen LogP contribution in [0, 0.1) is 5.92 Å². The molecule has 0 spiro atoms. The average Bonchev–Trinajstić information content (AvgIpc) is 2.47. The second-order valence-electron chi connectivity index (χ2n) is 3.31. The number of hydrogen-bond acceptors (Lipinski definition) is 4. The highest BCUT2D eigenvalue weighted by atomic mass is 32.1. The molecule has 5 nitrogen and oxygen atoms in total. The van der Waals surface area contributed by atoms with Gasteiger partial charge in [-0.3, -0.25) is 10.1 Å². The van der Waals surface area contributed by atoms with Gasteiger partial charge in [0.1, 0.15) is 5.71 Å². The molecule has 14 heavy (non-hydrogen) atoms. The van der Waals surface area contributed by atoms with Crippen molar-refractivity contribution in [2.75, 3.05) is 0 Å². The van der Waals surface area contributed by atoms with E-state index in [1.807, 2.05) is 13.8 Å². The standard InChI is InChI=1S/C8H8N4OS/c1-3(2)4-5-6(12-11-4)7(13)10-8(14)9-5/h3H,1-2H3,(H,10,13,14). The number of nitrogens with zero attached hydrogens (tertiary/aromatic N) is 3. The van der Waals surface area contributed by atoms with Crippen LogP contribution in [0.3, 0.4) is 0 Å². The maximum absolute atomic E-state index is 11.4. The van der Waals surface area contributed by atoms with Gasteiger partial charge in [0.15, 0.2) is 10.8 Å². The lowest BCUT2D eigenvalue weighted by Gasteiger charge is -2.12. The molecule has 2 aliphatic rings. The first-order valence-corrected chi connectivity index (χ1v) is 4.60. The van der Waals surface area contributed by atoms with Crippen LogP contribution in [0.1, 0.15) is 13.8 Å². The van der Waals surface area contributed by atoms with Crippen molar-refractivity contribution >= 4 is 40.4 Å². The van der Waals surface area contributed by atoms with E-state index >= 15 is 0 Å². The SMILES string of the molecule is CC(C)C1=NN=C2C(=O)NC(=S)N=C21. The summed E-state index contributed by atoms with van der Waals surface area (Å²) in [7, 11) is 0. The molecule has 1 amide bonds. The lowest BCUT2D eigenvalue weighted by molar-refractivity contribution is -0.113. The third-order valence-electron chi connectivity index (χ3n) is 1.92. The normalized spacial score (nSPS) is 20.1. The summed E-state index contributed by atoms with van der Waals surface area (Å²) in [5, 5.41) is 10.3. The molecule has 0 aromatic carbocycles. The Morgan fingerprint density at radius 3 is 2.64 bits per heavy atom. The Morgan fingerprint density at radius 1 is 1.29 bits per heavy atom. The zero-order valence-electron chi connectivity index (χ0n) is 7.74. The molecule has 1 N–H and O–H groups in total. The molecular formula is C8H8N4OS. The first-order chi connectivity index (χ1) is 6.59. The van der Waals surface area contributed by atoms with Gasteiger partial charge in [0.2, 0.25) is 0 Å². The van der Waals surface area contributed by atoms with E-state index in [1.165, 1.54) is 0 Å². The molecule has 0 aromatic heterocycles. The van der Waals surface area contributed by atoms with Crippen molar-refractivity contribution in [1.82, 2.24) is 5.32 Å². The van der Waals surface area contributed by atoms with Gasteiger partial charge in [-0.25, -0.2) is 4.99 Å². The Morgan fingerprint density at radius 2 is 2.00 bits per heavy atom. The summed E-state index contributed by atoms with van der Waals surface area (Å²) in [6, 6.07) is 0. The van der Waals surface area contributed by atoms with Crippen molar-refractivity contribution in [3.05, 3.63) is 0 Å². The largest absolute Gasteiger partial charge is 0.296 e. The molecule has 2 aliphatic heterocycles. The summed E-state index contributed by atoms with van der Waals surface area (Å²) in [5.74, 6) is -0.136. The van der Waals surface area contributed by atoms with Gasteiger partial charge >= 0.3 is 0 Å². The highest BCUT2D eigenvalue weighted by molar-refractivity contribution is 7.80. The zero-order valence-corrected chi connectivity index (χ0v) is 8.55. The van der Waals surface area contributed by atoms with E-state index in [4.69, 9.17) is 12.2 Å². The van der Waals surface area contributed by atoms with E-state index in [2.05, 4.69) is 20.5 Å². The van der Waals surface area contributed by atoms with E-state index in [1.54, 1.807) is 0 Å². The molecule has 0 bridgehead atoms. The number of carbonyl (C=O) groups is 1. The van der Waals surface area contributed by atoms with Crippen molar-refractivity contribution < 1.29 is 4.79 Å². The molecule has 0 unspecified atom stereocenters. The molecule has 0 aliphatic carbocycles. The van der Waals surface area contributed by atoms with E-state index in [9.17, 15) is 4.79 Å². The highest BCUT2D eigenvalue weighted by Gasteiger charge is 2.33. The summed E-state index contributed by atoms with van der Waals surface area (Å²) in [6.07, 6.45) is 0. The summed E-state index contributed by atoms with van der Waals surface area (Å²) < 4.78 is 0. The number of nitrogens with one attached hydrogen (secondary N) is 1. The Bertz CT molecular complexity index is 419. The monoisotopic (exact) mass is 208 g/mol. The number of rotatable bonds is 1. The molecule has 0 aromatic rings. The van der Waals surface area contributed by atoms with Crippen LogP contribution < -0.4 is 5.32 Å². The molecule has 2 rings (SSSR count). The molecule has 0 saturated heterocycles. The maximum Gasteiger partial charge on any atom is 0.280 e. The van der Waals surface area contributed by atoms with Gasteiger partial charge in [-0.2, -0.15) is 5.10 Å². The number of aliphatic imine (C=N–C) groups is 1. The topological polar surface area (TPSA) is 66.2 Å². The lowest BCUT2D eigenvalue weighted by Crippen LogP contribution is -2.45. The number of carbonyl (C=O) groups excluding carboxylic acids is 1. The van der Waals surface area contributed by atoms with Crippen molar-refractivity contribution in [2.45, 2.75) is 13.8 Å². The van der Waals surface area contributed by atoms with Crippen molar-refractivity contribution in [2.24, 2.45) is 21.1 Å². The summed E-state index contributed by atoms with van der Waals surface area (Å²) in [4.78, 5) is 15.4. The van der Waals surface area contributed by atoms with E-state index in [0.717, 1.165) is 5.71 Å². The van der Waals surface area contributed by atoms with E-state index in [-0.39, 0.29) is 22.6 Å². The minimum Gasteiger partial charge on any atom is -0.296 e. The van der Waals surface area contributed by atoms with Crippen LogP contribution in [0.2, 0.25) is 0 Å². The third-order valence-corrected chi connectivity index (χ3v) is 2.11. The second-order valence-corrected chi connectivity index (χ2v) is 3.69. The molecule has 6 heteroatoms. The minimum absolute atomic E-state index is 0.180. The molecule has 0 atom stereocenters. The van der Waals surface area contributed by atoms with Crippen LogP contribution in [0.25, 0.3) is 0 Å². The maximum atomic E-state index is 11.4. The van der Waals surface area contributed by atoms with Gasteiger partial charge in [0, 0.05) is 0 Å². The summed E-state index contributed by atoms with van der Waals surface area (Å²) >= 11 is 4.82. The Balaban J connectivity index is 2.44. The van der Waals surface area contributed by atoms with Crippen LogP contribution in [0.5, 0.6) is 0 Å². The predicted molar refractivity (Wildman–Crippen MR) is 57.9 cm³/mol. The molecule has 72 valence electrons. The molecule has 0 radical (unpaired) electrons. The fourth-order valence-electron chi connectivity index (χ4n) is 1.26. The highest BCUT2D eigenvalue weighted by Crippen LogP contribution is 2.11. The quantitative estimate of drug-likeness (QED) is 0.630. The number of thiocarbonyl (C=S) groups is 1. The number of amides is 1. The summed E-state index contributed by atoms with van der Waals surface area (Å²) in [6.45, 7) is 3.94. The smallest absolute Gasteiger partial charge is 0.280 e. The van der Waals surface area contributed by atoms with Crippen LogP contribution >= 0.6 is 12.2 Å². The number of hydrogen-bond donors (Lipinski definition) is 1. The molecule has 2 heterocycles. The first kappa shape index (κ1) is 9.14. The second kappa shape index (κ2) is 3.06. The van der Waals surface area contributed by atoms with Gasteiger partial charge in [-0.05, 0) is 18.1 Å².